The van der Waals surface area contributed by atoms with Crippen LogP contribution in [0.25, 0.3) is 0 Å². The average Bonchev–Trinajstić information content (AvgIpc) is 2.34. The zero-order valence-electron chi connectivity index (χ0n) is 13.8. The van der Waals surface area contributed by atoms with Crippen molar-refractivity contribution in [2.75, 3.05) is 6.61 Å². The van der Waals surface area contributed by atoms with Crippen LogP contribution >= 0.6 is 15.9 Å². The van der Waals surface area contributed by atoms with Gasteiger partial charge < -0.3 is 4.74 Å². The number of ketones is 1. The molecule has 3 heteroatoms. The number of carbonyl (C=O) groups excluding carboxylic acids is 1. The monoisotopic (exact) mass is 354 g/mol. The maximum Gasteiger partial charge on any atom is 0.163 e. The molecule has 118 valence electrons. The highest BCUT2D eigenvalue weighted by atomic mass is 79.9. The van der Waals surface area contributed by atoms with Gasteiger partial charge in [-0.15, -0.1) is 0 Å². The van der Waals surface area contributed by atoms with Gasteiger partial charge in [-0.1, -0.05) is 34.6 Å². The fraction of sp³-hybridized carbons (Fsp3) is 0.611. The lowest BCUT2D eigenvalue weighted by atomic mass is 9.83. The van der Waals surface area contributed by atoms with Crippen molar-refractivity contribution < 1.29 is 9.53 Å². The number of benzene rings is 1. The van der Waals surface area contributed by atoms with Crippen molar-refractivity contribution in [2.24, 2.45) is 11.3 Å². The van der Waals surface area contributed by atoms with Crippen molar-refractivity contribution in [2.45, 2.75) is 53.9 Å². The van der Waals surface area contributed by atoms with Crippen molar-refractivity contribution in [1.29, 1.82) is 0 Å². The quantitative estimate of drug-likeness (QED) is 0.571. The molecule has 1 aromatic rings. The van der Waals surface area contributed by atoms with E-state index in [-0.39, 0.29) is 11.2 Å². The average molecular weight is 355 g/mol. The summed E-state index contributed by atoms with van der Waals surface area (Å²) in [5.41, 5.74) is 1.02. The van der Waals surface area contributed by atoms with Gasteiger partial charge in [-0.05, 0) is 58.3 Å². The first-order chi connectivity index (χ1) is 9.73. The van der Waals surface area contributed by atoms with E-state index in [1.54, 1.807) is 0 Å². The molecule has 0 aliphatic rings. The molecule has 1 aromatic carbocycles. The van der Waals surface area contributed by atoms with Gasteiger partial charge in [-0.25, -0.2) is 0 Å². The molecule has 0 aliphatic heterocycles. The molecular weight excluding hydrogens is 328 g/mol. The van der Waals surface area contributed by atoms with Gasteiger partial charge >= 0.3 is 0 Å². The number of hydrogen-bond donors (Lipinski definition) is 0. The molecule has 0 saturated carbocycles. The summed E-state index contributed by atoms with van der Waals surface area (Å²) >= 11 is 3.48. The molecule has 2 nitrogen and oxygen atoms in total. The molecule has 0 fully saturated rings. The van der Waals surface area contributed by atoms with Crippen molar-refractivity contribution in [3.05, 3.63) is 28.2 Å². The molecule has 1 rings (SSSR count). The van der Waals surface area contributed by atoms with Crippen LogP contribution in [-0.2, 0) is 0 Å². The normalized spacial score (nSPS) is 13.0. The summed E-state index contributed by atoms with van der Waals surface area (Å²) in [5, 5.41) is 0. The lowest BCUT2D eigenvalue weighted by Crippen LogP contribution is -2.14. The second-order valence-corrected chi connectivity index (χ2v) is 7.85. The van der Waals surface area contributed by atoms with Gasteiger partial charge in [0, 0.05) is 12.0 Å². The number of hydrogen-bond acceptors (Lipinski definition) is 2. The van der Waals surface area contributed by atoms with E-state index in [0.717, 1.165) is 28.6 Å². The van der Waals surface area contributed by atoms with Crippen LogP contribution in [-0.4, -0.2) is 12.4 Å². The molecule has 0 aliphatic carbocycles. The van der Waals surface area contributed by atoms with Gasteiger partial charge in [0.1, 0.15) is 5.75 Å². The summed E-state index contributed by atoms with van der Waals surface area (Å²) < 4.78 is 6.46. The van der Waals surface area contributed by atoms with Gasteiger partial charge in [0.25, 0.3) is 0 Å². The van der Waals surface area contributed by atoms with E-state index in [0.29, 0.717) is 18.9 Å². The molecule has 0 aromatic heterocycles. The minimum Gasteiger partial charge on any atom is -0.492 e. The van der Waals surface area contributed by atoms with Crippen LogP contribution in [0.2, 0.25) is 0 Å². The molecule has 0 bridgehead atoms. The summed E-state index contributed by atoms with van der Waals surface area (Å²) in [6, 6.07) is 5.61. The number of rotatable bonds is 7. The Morgan fingerprint density at radius 3 is 2.52 bits per heavy atom. The topological polar surface area (TPSA) is 26.3 Å². The number of halogens is 1. The van der Waals surface area contributed by atoms with Gasteiger partial charge in [-0.2, -0.15) is 0 Å². The first-order valence-electron chi connectivity index (χ1n) is 7.68. The Kier molecular flexibility index (Phi) is 6.92. The zero-order valence-corrected chi connectivity index (χ0v) is 15.4. The van der Waals surface area contributed by atoms with E-state index in [1.807, 2.05) is 18.2 Å². The van der Waals surface area contributed by atoms with E-state index >= 15 is 0 Å². The standard InChI is InChI=1S/C18H27BrO2/c1-6-9-21-17-8-7-14(11-15(17)19)16(20)10-13(2)12-18(3,4)5/h7-8,11,13H,6,9-10,12H2,1-5H3. The number of Topliss-reactive ketones (excluding diaryl/α,β-unsaturated/α-hetero) is 1. The molecular formula is C18H27BrO2. The van der Waals surface area contributed by atoms with Gasteiger partial charge in [-0.3, -0.25) is 4.79 Å². The Morgan fingerprint density at radius 2 is 2.00 bits per heavy atom. The van der Waals surface area contributed by atoms with Crippen molar-refractivity contribution in [3.63, 3.8) is 0 Å². The van der Waals surface area contributed by atoms with Crippen LogP contribution < -0.4 is 4.74 Å². The maximum absolute atomic E-state index is 12.4. The van der Waals surface area contributed by atoms with Crippen LogP contribution in [0.1, 0.15) is 64.2 Å². The second kappa shape index (κ2) is 7.98. The van der Waals surface area contributed by atoms with E-state index in [4.69, 9.17) is 4.74 Å². The Labute approximate surface area is 137 Å². The predicted molar refractivity (Wildman–Crippen MR) is 92.1 cm³/mol. The molecule has 0 heterocycles. The lowest BCUT2D eigenvalue weighted by Gasteiger charge is -2.22. The maximum atomic E-state index is 12.4. The summed E-state index contributed by atoms with van der Waals surface area (Å²) in [7, 11) is 0. The molecule has 1 atom stereocenters. The van der Waals surface area contributed by atoms with E-state index < -0.39 is 0 Å². The van der Waals surface area contributed by atoms with Gasteiger partial charge in [0.05, 0.1) is 11.1 Å². The molecule has 0 radical (unpaired) electrons. The third-order valence-electron chi connectivity index (χ3n) is 3.21. The summed E-state index contributed by atoms with van der Waals surface area (Å²) in [6.45, 7) is 11.5. The Morgan fingerprint density at radius 1 is 1.33 bits per heavy atom. The summed E-state index contributed by atoms with van der Waals surface area (Å²) in [6.07, 6.45) is 2.62. The minimum atomic E-state index is 0.203. The van der Waals surface area contributed by atoms with Crippen molar-refractivity contribution in [3.8, 4) is 5.75 Å². The Bertz CT molecular complexity index is 475. The van der Waals surface area contributed by atoms with Crippen LogP contribution in [0.4, 0.5) is 0 Å². The van der Waals surface area contributed by atoms with Gasteiger partial charge in [0.15, 0.2) is 5.78 Å². The van der Waals surface area contributed by atoms with Crippen LogP contribution in [0.15, 0.2) is 22.7 Å². The zero-order chi connectivity index (χ0) is 16.0. The first-order valence-corrected chi connectivity index (χ1v) is 8.47. The Balaban J connectivity index is 2.68. The molecule has 0 N–H and O–H groups in total. The number of ether oxygens (including phenoxy) is 1. The van der Waals surface area contributed by atoms with Gasteiger partial charge in [0.2, 0.25) is 0 Å². The predicted octanol–water partition coefficient (Wildman–Crippen LogP) is 5.88. The molecule has 0 amide bonds. The molecule has 1 unspecified atom stereocenters. The summed E-state index contributed by atoms with van der Waals surface area (Å²) in [5.74, 6) is 1.40. The number of carbonyl (C=O) groups is 1. The van der Waals surface area contributed by atoms with E-state index in [9.17, 15) is 4.79 Å². The highest BCUT2D eigenvalue weighted by Crippen LogP contribution is 2.29. The van der Waals surface area contributed by atoms with Crippen molar-refractivity contribution in [1.82, 2.24) is 0 Å². The Hall–Kier alpha value is -0.830. The second-order valence-electron chi connectivity index (χ2n) is 6.99. The fourth-order valence-electron chi connectivity index (χ4n) is 2.56. The van der Waals surface area contributed by atoms with Crippen molar-refractivity contribution >= 4 is 21.7 Å². The highest BCUT2D eigenvalue weighted by Gasteiger charge is 2.19. The highest BCUT2D eigenvalue weighted by molar-refractivity contribution is 9.10. The van der Waals surface area contributed by atoms with Crippen LogP contribution in [0, 0.1) is 11.3 Å². The smallest absolute Gasteiger partial charge is 0.163 e. The fourth-order valence-corrected chi connectivity index (χ4v) is 3.05. The third kappa shape index (κ3) is 6.64. The van der Waals surface area contributed by atoms with E-state index in [1.165, 1.54) is 0 Å². The molecule has 0 saturated heterocycles. The van der Waals surface area contributed by atoms with E-state index in [2.05, 4.69) is 50.5 Å². The first kappa shape index (κ1) is 18.2. The van der Waals surface area contributed by atoms with Crippen LogP contribution in [0.5, 0.6) is 5.75 Å². The minimum absolute atomic E-state index is 0.203. The summed E-state index contributed by atoms with van der Waals surface area (Å²) in [4.78, 5) is 12.4. The third-order valence-corrected chi connectivity index (χ3v) is 3.83. The SMILES string of the molecule is CCCOc1ccc(C(=O)CC(C)CC(C)(C)C)cc1Br. The van der Waals surface area contributed by atoms with Crippen LogP contribution in [0.3, 0.4) is 0 Å². The molecule has 0 spiro atoms. The largest absolute Gasteiger partial charge is 0.492 e. The molecule has 21 heavy (non-hydrogen) atoms. The lowest BCUT2D eigenvalue weighted by molar-refractivity contribution is 0.0954.